The Kier molecular flexibility index (Phi) is 5.33. The number of nitriles is 1. The lowest BCUT2D eigenvalue weighted by Crippen LogP contribution is -2.52. The molecule has 0 saturated heterocycles. The molecule has 1 aromatic carbocycles. The molecular formula is C17H27N3. The van der Waals surface area contributed by atoms with Crippen LogP contribution in [0.3, 0.4) is 0 Å². The number of hydrogen-bond acceptors (Lipinski definition) is 3. The van der Waals surface area contributed by atoms with Crippen molar-refractivity contribution < 1.29 is 0 Å². The fourth-order valence-electron chi connectivity index (χ4n) is 2.37. The molecule has 3 nitrogen and oxygen atoms in total. The third kappa shape index (κ3) is 3.59. The average molecular weight is 273 g/mol. The molecule has 0 bridgehead atoms. The first-order valence-corrected chi connectivity index (χ1v) is 7.13. The van der Waals surface area contributed by atoms with Crippen molar-refractivity contribution in [1.82, 2.24) is 10.2 Å². The van der Waals surface area contributed by atoms with Gasteiger partial charge in [-0.15, -0.1) is 0 Å². The van der Waals surface area contributed by atoms with Gasteiger partial charge >= 0.3 is 0 Å². The van der Waals surface area contributed by atoms with Crippen LogP contribution in [0.2, 0.25) is 0 Å². The molecule has 3 heteroatoms. The minimum absolute atomic E-state index is 0.181. The lowest BCUT2D eigenvalue weighted by atomic mass is 9.85. The van der Waals surface area contributed by atoms with E-state index >= 15 is 0 Å². The minimum Gasteiger partial charge on any atom is -0.300 e. The van der Waals surface area contributed by atoms with Crippen molar-refractivity contribution in [3.05, 3.63) is 35.9 Å². The number of hydrogen-bond donors (Lipinski definition) is 1. The smallest absolute Gasteiger partial charge is 0.144 e. The number of likely N-dealkylation sites (N-methyl/N-ethyl adjacent to an activating group) is 2. The van der Waals surface area contributed by atoms with Crippen molar-refractivity contribution in [2.45, 2.75) is 39.3 Å². The first kappa shape index (κ1) is 16.7. The highest BCUT2D eigenvalue weighted by molar-refractivity contribution is 5.32. The van der Waals surface area contributed by atoms with Crippen molar-refractivity contribution in [3.8, 4) is 6.07 Å². The molecule has 1 rings (SSSR count). The molecule has 0 heterocycles. The van der Waals surface area contributed by atoms with Crippen LogP contribution in [0.4, 0.5) is 0 Å². The Morgan fingerprint density at radius 1 is 1.25 bits per heavy atom. The van der Waals surface area contributed by atoms with E-state index in [0.717, 1.165) is 5.56 Å². The monoisotopic (exact) mass is 273 g/mol. The maximum atomic E-state index is 9.72. The summed E-state index contributed by atoms with van der Waals surface area (Å²) in [6.07, 6.45) is 0. The number of nitrogens with zero attached hydrogens (tertiary/aromatic N) is 2. The van der Waals surface area contributed by atoms with Gasteiger partial charge in [0.05, 0.1) is 6.07 Å². The molecule has 0 spiro atoms. The Labute approximate surface area is 123 Å². The lowest BCUT2D eigenvalue weighted by Gasteiger charge is -2.39. The van der Waals surface area contributed by atoms with Crippen LogP contribution in [-0.2, 0) is 5.54 Å². The summed E-state index contributed by atoms with van der Waals surface area (Å²) in [6.45, 7) is 9.55. The van der Waals surface area contributed by atoms with Gasteiger partial charge in [-0.05, 0) is 32.0 Å². The van der Waals surface area contributed by atoms with Gasteiger partial charge in [0, 0.05) is 12.6 Å². The molecule has 0 aliphatic carbocycles. The first-order chi connectivity index (χ1) is 9.27. The molecule has 0 aliphatic rings. The summed E-state index contributed by atoms with van der Waals surface area (Å²) in [7, 11) is 3.94. The normalized spacial score (nSPS) is 16.5. The van der Waals surface area contributed by atoms with Crippen LogP contribution in [0.25, 0.3) is 0 Å². The second kappa shape index (κ2) is 6.39. The molecular weight excluding hydrogens is 246 g/mol. The maximum Gasteiger partial charge on any atom is 0.144 e. The van der Waals surface area contributed by atoms with Crippen LogP contribution in [-0.4, -0.2) is 31.6 Å². The zero-order chi connectivity index (χ0) is 15.4. The van der Waals surface area contributed by atoms with E-state index in [-0.39, 0.29) is 5.41 Å². The number of benzene rings is 1. The van der Waals surface area contributed by atoms with Crippen LogP contribution in [0.15, 0.2) is 30.3 Å². The van der Waals surface area contributed by atoms with Crippen molar-refractivity contribution in [3.63, 3.8) is 0 Å². The second-order valence-electron chi connectivity index (χ2n) is 6.59. The summed E-state index contributed by atoms with van der Waals surface area (Å²) in [5, 5.41) is 12.9. The highest BCUT2D eigenvalue weighted by atomic mass is 15.2. The zero-order valence-corrected chi connectivity index (χ0v) is 13.6. The zero-order valence-electron chi connectivity index (χ0n) is 13.6. The van der Waals surface area contributed by atoms with Gasteiger partial charge in [-0.2, -0.15) is 5.26 Å². The number of nitrogens with one attached hydrogen (secondary N) is 1. The van der Waals surface area contributed by atoms with Crippen molar-refractivity contribution >= 4 is 0 Å². The fraction of sp³-hybridized carbons (Fsp3) is 0.588. The fourth-order valence-corrected chi connectivity index (χ4v) is 2.37. The van der Waals surface area contributed by atoms with Crippen LogP contribution in [0, 0.1) is 16.7 Å². The SMILES string of the molecule is CNC(C#N)(CN(C)C(C)C(C)(C)C)c1ccccc1. The van der Waals surface area contributed by atoms with Gasteiger partial charge in [0.25, 0.3) is 0 Å². The predicted molar refractivity (Wildman–Crippen MR) is 84.3 cm³/mol. The summed E-state index contributed by atoms with van der Waals surface area (Å²) < 4.78 is 0. The lowest BCUT2D eigenvalue weighted by molar-refractivity contribution is 0.117. The topological polar surface area (TPSA) is 39.1 Å². The molecule has 0 amide bonds. The Morgan fingerprint density at radius 2 is 1.80 bits per heavy atom. The molecule has 110 valence electrons. The average Bonchev–Trinajstić information content (AvgIpc) is 2.43. The van der Waals surface area contributed by atoms with Gasteiger partial charge in [-0.1, -0.05) is 51.1 Å². The van der Waals surface area contributed by atoms with E-state index in [1.165, 1.54) is 0 Å². The Morgan fingerprint density at radius 3 is 2.20 bits per heavy atom. The molecule has 0 aromatic heterocycles. The summed E-state index contributed by atoms with van der Waals surface area (Å²) in [4.78, 5) is 2.26. The Hall–Kier alpha value is -1.37. The standard InChI is InChI=1S/C17H27N3/c1-14(16(2,3)4)20(6)13-17(12-18,19-5)15-10-8-7-9-11-15/h7-11,14,19H,13H2,1-6H3. The van der Waals surface area contributed by atoms with E-state index in [4.69, 9.17) is 0 Å². The molecule has 0 aliphatic heterocycles. The van der Waals surface area contributed by atoms with Gasteiger partial charge < -0.3 is 0 Å². The van der Waals surface area contributed by atoms with E-state index in [2.05, 4.69) is 51.0 Å². The van der Waals surface area contributed by atoms with Crippen molar-refractivity contribution in [2.24, 2.45) is 5.41 Å². The quantitative estimate of drug-likeness (QED) is 0.896. The molecule has 0 fully saturated rings. The van der Waals surface area contributed by atoms with Gasteiger partial charge in [-0.3, -0.25) is 10.2 Å². The van der Waals surface area contributed by atoms with Crippen molar-refractivity contribution in [2.75, 3.05) is 20.6 Å². The Bertz CT molecular complexity index is 455. The van der Waals surface area contributed by atoms with Crippen LogP contribution in [0.5, 0.6) is 0 Å². The van der Waals surface area contributed by atoms with Crippen LogP contribution in [0.1, 0.15) is 33.3 Å². The predicted octanol–water partition coefficient (Wildman–Crippen LogP) is 2.99. The molecule has 2 unspecified atom stereocenters. The van der Waals surface area contributed by atoms with Gasteiger partial charge in [0.2, 0.25) is 0 Å². The second-order valence-corrected chi connectivity index (χ2v) is 6.59. The van der Waals surface area contributed by atoms with Gasteiger partial charge in [0.15, 0.2) is 0 Å². The van der Waals surface area contributed by atoms with E-state index in [0.29, 0.717) is 12.6 Å². The van der Waals surface area contributed by atoms with E-state index in [9.17, 15) is 5.26 Å². The summed E-state index contributed by atoms with van der Waals surface area (Å²) >= 11 is 0. The minimum atomic E-state index is -0.671. The third-order valence-electron chi connectivity index (χ3n) is 4.29. The molecule has 1 N–H and O–H groups in total. The third-order valence-corrected chi connectivity index (χ3v) is 4.29. The number of rotatable bonds is 5. The molecule has 2 atom stereocenters. The van der Waals surface area contributed by atoms with Gasteiger partial charge in [-0.25, -0.2) is 0 Å². The van der Waals surface area contributed by atoms with E-state index < -0.39 is 5.54 Å². The first-order valence-electron chi connectivity index (χ1n) is 7.13. The highest BCUT2D eigenvalue weighted by Crippen LogP contribution is 2.27. The molecule has 1 aromatic rings. The maximum absolute atomic E-state index is 9.72. The van der Waals surface area contributed by atoms with Gasteiger partial charge in [0.1, 0.15) is 5.54 Å². The Balaban J connectivity index is 3.03. The molecule has 0 saturated carbocycles. The largest absolute Gasteiger partial charge is 0.300 e. The molecule has 20 heavy (non-hydrogen) atoms. The van der Waals surface area contributed by atoms with Crippen LogP contribution < -0.4 is 5.32 Å². The van der Waals surface area contributed by atoms with Crippen molar-refractivity contribution in [1.29, 1.82) is 5.26 Å². The molecule has 0 radical (unpaired) electrons. The summed E-state index contributed by atoms with van der Waals surface area (Å²) in [5.41, 5.74) is 0.522. The van der Waals surface area contributed by atoms with Crippen LogP contribution >= 0.6 is 0 Å². The summed E-state index contributed by atoms with van der Waals surface area (Å²) in [5.74, 6) is 0. The van der Waals surface area contributed by atoms with E-state index in [1.807, 2.05) is 37.4 Å². The summed E-state index contributed by atoms with van der Waals surface area (Å²) in [6, 6.07) is 12.8. The highest BCUT2D eigenvalue weighted by Gasteiger charge is 2.35. The van der Waals surface area contributed by atoms with E-state index in [1.54, 1.807) is 0 Å².